The van der Waals surface area contributed by atoms with Crippen LogP contribution in [0.25, 0.3) is 0 Å². The molecule has 1 fully saturated rings. The zero-order chi connectivity index (χ0) is 21.8. The van der Waals surface area contributed by atoms with Gasteiger partial charge in [-0.05, 0) is 37.5 Å². The molecule has 1 atom stereocenters. The lowest BCUT2D eigenvalue weighted by molar-refractivity contribution is -0.139. The molecule has 0 aliphatic heterocycles. The highest BCUT2D eigenvalue weighted by molar-refractivity contribution is 6.27. The van der Waals surface area contributed by atoms with Crippen molar-refractivity contribution in [3.05, 3.63) is 46.7 Å². The minimum atomic E-state index is -4.79. The summed E-state index contributed by atoms with van der Waals surface area (Å²) in [7, 11) is 0. The number of carbonyl (C=O) groups is 2. The highest BCUT2D eigenvalue weighted by Crippen LogP contribution is 2.35. The van der Waals surface area contributed by atoms with Crippen LogP contribution in [0.4, 0.5) is 26.3 Å². The molecule has 0 amide bonds. The number of ketones is 2. The number of hydrogen-bond donors (Lipinski definition) is 0. The molecule has 1 aromatic carbocycles. The van der Waals surface area contributed by atoms with Gasteiger partial charge in [0.05, 0.1) is 25.0 Å². The predicted molar refractivity (Wildman–Crippen MR) is 88.9 cm³/mol. The summed E-state index contributed by atoms with van der Waals surface area (Å²) in [5.41, 5.74) is -2.41. The van der Waals surface area contributed by atoms with E-state index in [4.69, 9.17) is 4.74 Å². The first-order valence-corrected chi connectivity index (χ1v) is 8.70. The summed E-state index contributed by atoms with van der Waals surface area (Å²) < 4.78 is 85.9. The number of ether oxygens (including phenoxy) is 2. The van der Waals surface area contributed by atoms with Crippen molar-refractivity contribution in [1.82, 2.24) is 0 Å². The Morgan fingerprint density at radius 1 is 1.21 bits per heavy atom. The van der Waals surface area contributed by atoms with Gasteiger partial charge in [-0.1, -0.05) is 6.07 Å². The molecule has 2 rings (SSSR count). The van der Waals surface area contributed by atoms with E-state index in [-0.39, 0.29) is 23.7 Å². The van der Waals surface area contributed by atoms with Crippen LogP contribution in [-0.4, -0.2) is 31.0 Å². The number of Topliss-reactive ketones (excluding diaryl/α,β-unsaturated/α-hetero) is 2. The normalized spacial score (nSPS) is 16.1. The van der Waals surface area contributed by atoms with Crippen LogP contribution in [0.1, 0.15) is 41.3 Å². The zero-order valence-corrected chi connectivity index (χ0v) is 15.3. The van der Waals surface area contributed by atoms with Crippen molar-refractivity contribution >= 4 is 11.6 Å². The molecule has 1 aliphatic carbocycles. The summed E-state index contributed by atoms with van der Waals surface area (Å²) in [5.74, 6) is -1.85. The Labute approximate surface area is 162 Å². The summed E-state index contributed by atoms with van der Waals surface area (Å²) in [6.45, 7) is 0.717. The molecular formula is C19H18F6O4. The van der Waals surface area contributed by atoms with Gasteiger partial charge in [0.2, 0.25) is 0 Å². The molecule has 0 heterocycles. The number of halogens is 6. The smallest absolute Gasteiger partial charge is 0.416 e. The highest BCUT2D eigenvalue weighted by atomic mass is 19.4. The van der Waals surface area contributed by atoms with E-state index in [9.17, 15) is 35.9 Å². The van der Waals surface area contributed by atoms with Gasteiger partial charge >= 0.3 is 6.18 Å². The number of alkyl halides is 6. The molecule has 29 heavy (non-hydrogen) atoms. The van der Waals surface area contributed by atoms with Crippen molar-refractivity contribution in [3.8, 4) is 0 Å². The Hall–Kier alpha value is -2.36. The maximum atomic E-state index is 13.1. The molecule has 160 valence electrons. The first-order chi connectivity index (χ1) is 13.6. The van der Waals surface area contributed by atoms with E-state index < -0.39 is 48.3 Å². The molecule has 10 heteroatoms. The van der Waals surface area contributed by atoms with Crippen molar-refractivity contribution < 1.29 is 45.4 Å². The Balaban J connectivity index is 2.41. The second-order valence-corrected chi connectivity index (χ2v) is 6.32. The van der Waals surface area contributed by atoms with E-state index in [1.54, 1.807) is 6.92 Å². The molecule has 0 saturated heterocycles. The maximum Gasteiger partial charge on any atom is 0.416 e. The van der Waals surface area contributed by atoms with Crippen molar-refractivity contribution in [2.45, 2.75) is 45.3 Å². The largest absolute Gasteiger partial charge is 0.501 e. The lowest BCUT2D eigenvalue weighted by Crippen LogP contribution is -2.20. The molecule has 0 spiro atoms. The van der Waals surface area contributed by atoms with Crippen molar-refractivity contribution in [3.63, 3.8) is 0 Å². The Kier molecular flexibility index (Phi) is 7.45. The van der Waals surface area contributed by atoms with Gasteiger partial charge in [-0.2, -0.15) is 13.2 Å². The van der Waals surface area contributed by atoms with Crippen LogP contribution < -0.4 is 0 Å². The Morgan fingerprint density at radius 3 is 2.38 bits per heavy atom. The van der Waals surface area contributed by atoms with E-state index in [0.29, 0.717) is 25.0 Å². The number of benzene rings is 1. The first kappa shape index (κ1) is 22.9. The summed E-state index contributed by atoms with van der Waals surface area (Å²) in [5, 5.41) is 0. The van der Waals surface area contributed by atoms with Gasteiger partial charge in [-0.25, -0.2) is 13.2 Å². The predicted octanol–water partition coefficient (Wildman–Crippen LogP) is 4.86. The second kappa shape index (κ2) is 9.43. The van der Waals surface area contributed by atoms with Crippen LogP contribution in [0.5, 0.6) is 0 Å². The molecule has 1 aliphatic rings. The third kappa shape index (κ3) is 6.06. The number of rotatable bonds is 10. The fourth-order valence-electron chi connectivity index (χ4n) is 2.45. The molecule has 0 N–H and O–H groups in total. The minimum absolute atomic E-state index is 0.135. The van der Waals surface area contributed by atoms with Crippen molar-refractivity contribution in [1.29, 1.82) is 0 Å². The van der Waals surface area contributed by atoms with Crippen LogP contribution in [0.3, 0.4) is 0 Å². The average Bonchev–Trinajstić information content (AvgIpc) is 3.50. The van der Waals surface area contributed by atoms with Gasteiger partial charge in [0, 0.05) is 11.5 Å². The first-order valence-electron chi connectivity index (χ1n) is 8.70. The van der Waals surface area contributed by atoms with Crippen LogP contribution in [-0.2, 0) is 27.1 Å². The minimum Gasteiger partial charge on any atom is -0.501 e. The third-order valence-corrected chi connectivity index (χ3v) is 4.10. The quantitative estimate of drug-likeness (QED) is 0.134. The molecule has 0 aromatic heterocycles. The second-order valence-electron chi connectivity index (χ2n) is 6.32. The van der Waals surface area contributed by atoms with Crippen LogP contribution in [0.2, 0.25) is 0 Å². The van der Waals surface area contributed by atoms with Crippen molar-refractivity contribution in [2.75, 3.05) is 6.61 Å². The molecule has 1 saturated carbocycles. The summed E-state index contributed by atoms with van der Waals surface area (Å²) in [4.78, 5) is 25.2. The SMILES string of the molecule is CCOC=C(C(=O)c1ccc(C(F)(F)F)cc1COC(F)C(F)F)C(=O)C1CC1. The Bertz CT molecular complexity index is 783. The van der Waals surface area contributed by atoms with Gasteiger partial charge in [0.15, 0.2) is 11.6 Å². The monoisotopic (exact) mass is 424 g/mol. The van der Waals surface area contributed by atoms with E-state index >= 15 is 0 Å². The molecule has 0 radical (unpaired) electrons. The van der Waals surface area contributed by atoms with Crippen molar-refractivity contribution in [2.24, 2.45) is 5.92 Å². The van der Waals surface area contributed by atoms with E-state index in [1.807, 2.05) is 0 Å². The fraction of sp³-hybridized carbons (Fsp3) is 0.474. The van der Waals surface area contributed by atoms with Crippen LogP contribution in [0, 0.1) is 5.92 Å². The zero-order valence-electron chi connectivity index (χ0n) is 15.3. The standard InChI is InChI=1S/C19H18F6O4/c1-2-28-9-14(15(26)10-3-4-10)16(27)13-6-5-12(19(23,24)25)7-11(13)8-29-18(22)17(20)21/h5-7,9-10,17-18H,2-4,8H2,1H3. The summed E-state index contributed by atoms with van der Waals surface area (Å²) >= 11 is 0. The number of carbonyl (C=O) groups excluding carboxylic acids is 2. The van der Waals surface area contributed by atoms with Gasteiger partial charge in [-0.3, -0.25) is 9.59 Å². The van der Waals surface area contributed by atoms with Gasteiger partial charge in [-0.15, -0.1) is 0 Å². The summed E-state index contributed by atoms with van der Waals surface area (Å²) in [6, 6.07) is 1.92. The highest BCUT2D eigenvalue weighted by Gasteiger charge is 2.37. The molecule has 1 unspecified atom stereocenters. The van der Waals surface area contributed by atoms with E-state index in [2.05, 4.69) is 4.74 Å². The third-order valence-electron chi connectivity index (χ3n) is 4.10. The lowest BCUT2D eigenvalue weighted by Gasteiger charge is -2.15. The van der Waals surface area contributed by atoms with E-state index in [0.717, 1.165) is 12.3 Å². The van der Waals surface area contributed by atoms with E-state index in [1.165, 1.54) is 0 Å². The Morgan fingerprint density at radius 2 is 1.86 bits per heavy atom. The molecule has 4 nitrogen and oxygen atoms in total. The average molecular weight is 424 g/mol. The van der Waals surface area contributed by atoms with Gasteiger partial charge < -0.3 is 9.47 Å². The van der Waals surface area contributed by atoms with Crippen LogP contribution in [0.15, 0.2) is 30.0 Å². The number of allylic oxidation sites excluding steroid dienone is 1. The topological polar surface area (TPSA) is 52.6 Å². The van der Waals surface area contributed by atoms with Gasteiger partial charge in [0.25, 0.3) is 12.8 Å². The summed E-state index contributed by atoms with van der Waals surface area (Å²) in [6.07, 6.45) is -9.28. The fourth-order valence-corrected chi connectivity index (χ4v) is 2.45. The van der Waals surface area contributed by atoms with Crippen LogP contribution >= 0.6 is 0 Å². The molecule has 1 aromatic rings. The molecular weight excluding hydrogens is 406 g/mol. The number of hydrogen-bond acceptors (Lipinski definition) is 4. The van der Waals surface area contributed by atoms with Gasteiger partial charge in [0.1, 0.15) is 5.57 Å². The maximum absolute atomic E-state index is 13.1. The molecule has 0 bridgehead atoms. The lowest BCUT2D eigenvalue weighted by atomic mass is 9.94.